The Morgan fingerprint density at radius 1 is 1.11 bits per heavy atom. The van der Waals surface area contributed by atoms with Gasteiger partial charge in [-0.3, -0.25) is 13.9 Å². The molecular formula is C18H32N4O4S. The molecule has 0 aromatic heterocycles. The lowest BCUT2D eigenvalue weighted by atomic mass is 10.1. The van der Waals surface area contributed by atoms with Gasteiger partial charge in [-0.05, 0) is 51.5 Å². The molecule has 27 heavy (non-hydrogen) atoms. The molecule has 0 radical (unpaired) electrons. The molecule has 154 valence electrons. The van der Waals surface area contributed by atoms with Gasteiger partial charge < -0.3 is 11.1 Å². The van der Waals surface area contributed by atoms with E-state index in [1.807, 2.05) is 0 Å². The van der Waals surface area contributed by atoms with Crippen LogP contribution < -0.4 is 11.1 Å². The van der Waals surface area contributed by atoms with Crippen molar-refractivity contribution >= 4 is 29.3 Å². The van der Waals surface area contributed by atoms with Gasteiger partial charge in [0.25, 0.3) is 5.91 Å². The van der Waals surface area contributed by atoms with Crippen LogP contribution in [0.1, 0.15) is 64.2 Å². The van der Waals surface area contributed by atoms with E-state index in [1.54, 1.807) is 4.31 Å². The molecule has 1 heterocycles. The fourth-order valence-corrected chi connectivity index (χ4v) is 3.44. The molecule has 1 atom stereocenters. The Balaban J connectivity index is 2.08. The first kappa shape index (κ1) is 23.3. The van der Waals surface area contributed by atoms with Crippen molar-refractivity contribution < 1.29 is 18.1 Å². The summed E-state index contributed by atoms with van der Waals surface area (Å²) in [6, 6.07) is 0. The van der Waals surface area contributed by atoms with Crippen molar-refractivity contribution in [3.8, 4) is 0 Å². The maximum Gasteiger partial charge on any atom is 0.341 e. The van der Waals surface area contributed by atoms with Crippen LogP contribution in [-0.4, -0.2) is 46.2 Å². The predicted molar refractivity (Wildman–Crippen MR) is 107 cm³/mol. The van der Waals surface area contributed by atoms with Gasteiger partial charge in [-0.15, -0.1) is 0 Å². The first-order valence-corrected chi connectivity index (χ1v) is 10.7. The van der Waals surface area contributed by atoms with Crippen LogP contribution in [0.5, 0.6) is 0 Å². The second-order valence-electron chi connectivity index (χ2n) is 6.37. The van der Waals surface area contributed by atoms with Crippen LogP contribution in [0.3, 0.4) is 0 Å². The van der Waals surface area contributed by atoms with Gasteiger partial charge in [0.15, 0.2) is 5.84 Å². The van der Waals surface area contributed by atoms with E-state index < -0.39 is 17.2 Å². The Bertz CT molecular complexity index is 525. The maximum atomic E-state index is 11.8. The Morgan fingerprint density at radius 2 is 1.81 bits per heavy atom. The summed E-state index contributed by atoms with van der Waals surface area (Å²) in [6.45, 7) is 1.57. The number of allylic oxidation sites excluding steroid dienone is 2. The third kappa shape index (κ3) is 10.9. The highest BCUT2D eigenvalue weighted by atomic mass is 32.2. The number of nitrogens with one attached hydrogen (secondary N) is 1. The van der Waals surface area contributed by atoms with Crippen molar-refractivity contribution in [3.05, 3.63) is 12.2 Å². The molecule has 1 amide bonds. The van der Waals surface area contributed by atoms with Crippen molar-refractivity contribution in [1.82, 2.24) is 9.62 Å². The van der Waals surface area contributed by atoms with Gasteiger partial charge in [0, 0.05) is 19.5 Å². The second kappa shape index (κ2) is 15.3. The highest BCUT2D eigenvalue weighted by molar-refractivity contribution is 7.78. The van der Waals surface area contributed by atoms with Gasteiger partial charge in [-0.25, -0.2) is 4.31 Å². The van der Waals surface area contributed by atoms with Crippen LogP contribution in [0.2, 0.25) is 0 Å². The monoisotopic (exact) mass is 400 g/mol. The standard InChI is InChI=1S/C18H32N4O4S/c19-13-10-8-6-4-2-1-3-5-7-9-12-17-21-26-27(25)22(17)15-11-14-20-18(24)16-23/h2,4,16H,1,3,5-15,19H2,(H,20,24)/b4-2-. The quantitative estimate of drug-likeness (QED) is 0.178. The molecule has 0 aromatic carbocycles. The van der Waals surface area contributed by atoms with E-state index in [9.17, 15) is 13.8 Å². The number of oxime groups is 1. The summed E-state index contributed by atoms with van der Waals surface area (Å²) in [7, 11) is 0. The third-order valence-electron chi connectivity index (χ3n) is 4.13. The fourth-order valence-electron chi connectivity index (χ4n) is 2.64. The average Bonchev–Trinajstić information content (AvgIpc) is 3.02. The number of nitrogens with two attached hydrogens (primary N) is 1. The van der Waals surface area contributed by atoms with Gasteiger partial charge in [-0.1, -0.05) is 30.1 Å². The first-order valence-electron chi connectivity index (χ1n) is 9.71. The van der Waals surface area contributed by atoms with Gasteiger partial charge in [0.05, 0.1) is 0 Å². The second-order valence-corrected chi connectivity index (χ2v) is 7.40. The Hall–Kier alpha value is -1.74. The minimum absolute atomic E-state index is 0.238. The zero-order valence-electron chi connectivity index (χ0n) is 15.9. The SMILES string of the molecule is NCCCC/C=C\CCCCCCC1=NOS(=O)N1CCCNC(=O)C=O. The predicted octanol–water partition coefficient (Wildman–Crippen LogP) is 1.94. The largest absolute Gasteiger partial charge is 0.350 e. The summed E-state index contributed by atoms with van der Waals surface area (Å²) in [5, 5.41) is 6.34. The number of amidine groups is 1. The zero-order chi connectivity index (χ0) is 19.7. The van der Waals surface area contributed by atoms with E-state index in [1.165, 1.54) is 12.8 Å². The van der Waals surface area contributed by atoms with E-state index >= 15 is 0 Å². The Labute approximate surface area is 164 Å². The van der Waals surface area contributed by atoms with E-state index in [-0.39, 0.29) is 6.29 Å². The number of carbonyl (C=O) groups is 2. The third-order valence-corrected chi connectivity index (χ3v) is 5.09. The minimum atomic E-state index is -1.59. The molecule has 0 aromatic rings. The molecule has 1 aliphatic heterocycles. The smallest absolute Gasteiger partial charge is 0.341 e. The molecule has 0 bridgehead atoms. The van der Waals surface area contributed by atoms with E-state index in [0.717, 1.165) is 51.5 Å². The molecule has 0 saturated carbocycles. The number of carbonyl (C=O) groups excluding carboxylic acids is 2. The van der Waals surface area contributed by atoms with Crippen molar-refractivity contribution in [2.75, 3.05) is 19.6 Å². The summed E-state index contributed by atoms with van der Waals surface area (Å²) in [5.74, 6) is 0.0444. The van der Waals surface area contributed by atoms with Crippen LogP contribution in [0.4, 0.5) is 0 Å². The number of hydrogen-bond donors (Lipinski definition) is 2. The number of aldehydes is 1. The number of nitrogens with zero attached hydrogens (tertiary/aromatic N) is 2. The van der Waals surface area contributed by atoms with Crippen LogP contribution in [0, 0.1) is 0 Å². The highest BCUT2D eigenvalue weighted by Crippen LogP contribution is 2.16. The molecule has 0 spiro atoms. The zero-order valence-corrected chi connectivity index (χ0v) is 16.8. The molecular weight excluding hydrogens is 368 g/mol. The first-order chi connectivity index (χ1) is 13.2. The number of amides is 1. The number of rotatable bonds is 16. The molecule has 9 heteroatoms. The molecule has 0 saturated heterocycles. The maximum absolute atomic E-state index is 11.8. The molecule has 1 aliphatic rings. The molecule has 3 N–H and O–H groups in total. The van der Waals surface area contributed by atoms with Crippen LogP contribution in [0.25, 0.3) is 0 Å². The topological polar surface area (TPSA) is 114 Å². The van der Waals surface area contributed by atoms with E-state index in [0.29, 0.717) is 25.3 Å². The molecule has 0 fully saturated rings. The van der Waals surface area contributed by atoms with Gasteiger partial charge in [0.2, 0.25) is 6.29 Å². The van der Waals surface area contributed by atoms with Crippen LogP contribution in [0.15, 0.2) is 17.3 Å². The molecule has 1 unspecified atom stereocenters. The summed E-state index contributed by atoms with van der Waals surface area (Å²) in [6.07, 6.45) is 14.9. The summed E-state index contributed by atoms with van der Waals surface area (Å²) < 4.78 is 18.3. The van der Waals surface area contributed by atoms with Gasteiger partial charge in [-0.2, -0.15) is 4.21 Å². The summed E-state index contributed by atoms with van der Waals surface area (Å²) >= 11 is -1.59. The van der Waals surface area contributed by atoms with E-state index in [2.05, 4.69) is 22.6 Å². The van der Waals surface area contributed by atoms with Crippen molar-refractivity contribution in [2.24, 2.45) is 10.9 Å². The highest BCUT2D eigenvalue weighted by Gasteiger charge is 2.26. The molecule has 1 rings (SSSR count). The number of hydrogen-bond acceptors (Lipinski definition) is 6. The lowest BCUT2D eigenvalue weighted by Crippen LogP contribution is -2.32. The van der Waals surface area contributed by atoms with Crippen molar-refractivity contribution in [1.29, 1.82) is 0 Å². The molecule has 0 aliphatic carbocycles. The normalized spacial score (nSPS) is 16.4. The lowest BCUT2D eigenvalue weighted by Gasteiger charge is -2.15. The Kier molecular flexibility index (Phi) is 13.2. The summed E-state index contributed by atoms with van der Waals surface area (Å²) in [5.41, 5.74) is 5.46. The Morgan fingerprint density at radius 3 is 2.52 bits per heavy atom. The van der Waals surface area contributed by atoms with E-state index in [4.69, 9.17) is 10.0 Å². The van der Waals surface area contributed by atoms with Crippen LogP contribution in [-0.2, 0) is 25.1 Å². The van der Waals surface area contributed by atoms with Crippen LogP contribution >= 0.6 is 0 Å². The van der Waals surface area contributed by atoms with Gasteiger partial charge >= 0.3 is 11.3 Å². The van der Waals surface area contributed by atoms with Crippen molar-refractivity contribution in [2.45, 2.75) is 64.2 Å². The average molecular weight is 401 g/mol. The lowest BCUT2D eigenvalue weighted by molar-refractivity contribution is -0.131. The molecule has 8 nitrogen and oxygen atoms in total. The summed E-state index contributed by atoms with van der Waals surface area (Å²) in [4.78, 5) is 21.1. The number of unbranched alkanes of at least 4 members (excludes halogenated alkanes) is 6. The van der Waals surface area contributed by atoms with Crippen molar-refractivity contribution in [3.63, 3.8) is 0 Å². The van der Waals surface area contributed by atoms with Gasteiger partial charge in [0.1, 0.15) is 0 Å². The fraction of sp³-hybridized carbons (Fsp3) is 0.722. The minimum Gasteiger partial charge on any atom is -0.350 e.